The molecule has 0 aliphatic heterocycles. The highest BCUT2D eigenvalue weighted by molar-refractivity contribution is 7.98. The van der Waals surface area contributed by atoms with Gasteiger partial charge in [0.15, 0.2) is 5.13 Å². The highest BCUT2D eigenvalue weighted by atomic mass is 32.2. The number of carbonyl (C=O) groups excluding carboxylic acids is 1. The lowest BCUT2D eigenvalue weighted by molar-refractivity contribution is -0.858. The first-order valence-electron chi connectivity index (χ1n) is 9.11. The van der Waals surface area contributed by atoms with Gasteiger partial charge < -0.3 is 4.90 Å². The number of hydrogen-bond acceptors (Lipinski definition) is 4. The third-order valence-electron chi connectivity index (χ3n) is 4.48. The molecule has 2 aromatic carbocycles. The van der Waals surface area contributed by atoms with E-state index < -0.39 is 0 Å². The number of nitrogens with zero attached hydrogens (tertiary/aromatic N) is 2. The number of rotatable bonds is 7. The number of benzene rings is 2. The first-order chi connectivity index (χ1) is 13.0. The molecule has 142 valence electrons. The van der Waals surface area contributed by atoms with Crippen LogP contribution >= 0.6 is 23.1 Å². The lowest BCUT2D eigenvalue weighted by Crippen LogP contribution is -3.05. The zero-order chi connectivity index (χ0) is 19.4. The zero-order valence-corrected chi connectivity index (χ0v) is 17.9. The molecule has 0 radical (unpaired) electrons. The maximum Gasteiger partial charge on any atom is 0.261 e. The molecule has 0 spiro atoms. The minimum absolute atomic E-state index is 0.0328. The molecule has 0 bridgehead atoms. The standard InChI is InChI=1S/C21H25N3OS2/c1-15-9-7-12-18-19(15)22-21(27-18)24(14-8-13-23(2)3)20(25)16-10-5-6-11-17(16)26-4/h5-7,9-12H,8,13-14H2,1-4H3/p+1. The van der Waals surface area contributed by atoms with Crippen LogP contribution in [0.1, 0.15) is 22.3 Å². The Labute approximate surface area is 169 Å². The normalized spacial score (nSPS) is 11.3. The maximum absolute atomic E-state index is 13.4. The first-order valence-corrected chi connectivity index (χ1v) is 11.2. The van der Waals surface area contributed by atoms with Crippen LogP contribution in [0, 0.1) is 6.92 Å². The molecule has 0 aliphatic carbocycles. The monoisotopic (exact) mass is 400 g/mol. The van der Waals surface area contributed by atoms with Crippen LogP contribution in [-0.4, -0.2) is 44.3 Å². The summed E-state index contributed by atoms with van der Waals surface area (Å²) in [6.45, 7) is 3.75. The molecule has 0 unspecified atom stereocenters. The van der Waals surface area contributed by atoms with Crippen LogP contribution in [0.25, 0.3) is 10.2 Å². The van der Waals surface area contributed by atoms with Crippen molar-refractivity contribution in [2.24, 2.45) is 0 Å². The number of aromatic nitrogens is 1. The Hall–Kier alpha value is -1.89. The Kier molecular flexibility index (Phi) is 6.52. The Morgan fingerprint density at radius 3 is 2.67 bits per heavy atom. The van der Waals surface area contributed by atoms with Gasteiger partial charge in [-0.25, -0.2) is 4.98 Å². The molecule has 0 saturated carbocycles. The fraction of sp³-hybridized carbons (Fsp3) is 0.333. The van der Waals surface area contributed by atoms with E-state index in [4.69, 9.17) is 4.98 Å². The molecule has 1 heterocycles. The fourth-order valence-corrected chi connectivity index (χ4v) is 4.69. The first kappa shape index (κ1) is 19.9. The summed E-state index contributed by atoms with van der Waals surface area (Å²) in [5.74, 6) is 0.0328. The summed E-state index contributed by atoms with van der Waals surface area (Å²) in [5.41, 5.74) is 2.88. The third-order valence-corrected chi connectivity index (χ3v) is 6.32. The molecule has 1 N–H and O–H groups in total. The summed E-state index contributed by atoms with van der Waals surface area (Å²) in [5, 5.41) is 0.786. The van der Waals surface area contributed by atoms with Crippen molar-refractivity contribution in [1.29, 1.82) is 0 Å². The van der Waals surface area contributed by atoms with Gasteiger partial charge in [-0.2, -0.15) is 0 Å². The molecule has 0 aliphatic rings. The fourth-order valence-electron chi connectivity index (χ4n) is 3.03. The Morgan fingerprint density at radius 2 is 1.96 bits per heavy atom. The lowest BCUT2D eigenvalue weighted by Gasteiger charge is -2.21. The van der Waals surface area contributed by atoms with E-state index in [1.165, 1.54) is 4.90 Å². The number of quaternary nitrogens is 1. The predicted octanol–water partition coefficient (Wildman–Crippen LogP) is 3.51. The van der Waals surface area contributed by atoms with Gasteiger partial charge in [-0.15, -0.1) is 11.8 Å². The minimum Gasteiger partial charge on any atom is -0.340 e. The molecule has 6 heteroatoms. The quantitative estimate of drug-likeness (QED) is 0.617. The molecule has 0 fully saturated rings. The molecule has 0 atom stereocenters. The van der Waals surface area contributed by atoms with Gasteiger partial charge in [-0.1, -0.05) is 35.6 Å². The highest BCUT2D eigenvalue weighted by Crippen LogP contribution is 2.32. The van der Waals surface area contributed by atoms with Gasteiger partial charge in [0, 0.05) is 17.9 Å². The molecule has 0 saturated heterocycles. The average Bonchev–Trinajstić information content (AvgIpc) is 3.10. The van der Waals surface area contributed by atoms with Crippen molar-refractivity contribution in [2.45, 2.75) is 18.2 Å². The number of amides is 1. The summed E-state index contributed by atoms with van der Waals surface area (Å²) in [6.07, 6.45) is 2.94. The number of anilines is 1. The van der Waals surface area contributed by atoms with E-state index in [1.807, 2.05) is 41.5 Å². The van der Waals surface area contributed by atoms with E-state index in [9.17, 15) is 4.79 Å². The second-order valence-corrected chi connectivity index (χ2v) is 8.74. The summed E-state index contributed by atoms with van der Waals surface area (Å²) < 4.78 is 1.12. The van der Waals surface area contributed by atoms with E-state index in [1.54, 1.807) is 23.1 Å². The van der Waals surface area contributed by atoms with Crippen LogP contribution < -0.4 is 9.80 Å². The second kappa shape index (κ2) is 8.87. The van der Waals surface area contributed by atoms with Crippen molar-refractivity contribution in [3.8, 4) is 0 Å². The molecular formula is C21H26N3OS2+. The summed E-state index contributed by atoms with van der Waals surface area (Å²) in [4.78, 5) is 22.5. The van der Waals surface area contributed by atoms with E-state index in [2.05, 4.69) is 33.2 Å². The van der Waals surface area contributed by atoms with Crippen LogP contribution in [0.5, 0.6) is 0 Å². The van der Waals surface area contributed by atoms with Crippen molar-refractivity contribution in [1.82, 2.24) is 4.98 Å². The predicted molar refractivity (Wildman–Crippen MR) is 117 cm³/mol. The van der Waals surface area contributed by atoms with Crippen LogP contribution in [0.2, 0.25) is 0 Å². The average molecular weight is 401 g/mol. The SMILES string of the molecule is CSc1ccccc1C(=O)N(CCC[NH+](C)C)c1nc2c(C)cccc2s1. The maximum atomic E-state index is 13.4. The number of thiazole rings is 1. The Balaban J connectivity index is 1.99. The molecular weight excluding hydrogens is 374 g/mol. The van der Waals surface area contributed by atoms with Crippen molar-refractivity contribution in [3.63, 3.8) is 0 Å². The van der Waals surface area contributed by atoms with Crippen molar-refractivity contribution >= 4 is 44.4 Å². The van der Waals surface area contributed by atoms with Crippen LogP contribution in [0.3, 0.4) is 0 Å². The van der Waals surface area contributed by atoms with Crippen molar-refractivity contribution < 1.29 is 9.69 Å². The summed E-state index contributed by atoms with van der Waals surface area (Å²) >= 11 is 3.20. The Morgan fingerprint density at radius 1 is 1.19 bits per heavy atom. The molecule has 27 heavy (non-hydrogen) atoms. The molecule has 1 aromatic heterocycles. The van der Waals surface area contributed by atoms with Gasteiger partial charge in [0.2, 0.25) is 0 Å². The van der Waals surface area contributed by atoms with Gasteiger partial charge in [-0.3, -0.25) is 9.69 Å². The number of carbonyl (C=O) groups is 1. The smallest absolute Gasteiger partial charge is 0.261 e. The summed E-state index contributed by atoms with van der Waals surface area (Å²) in [7, 11) is 4.27. The molecule has 3 aromatic rings. The zero-order valence-electron chi connectivity index (χ0n) is 16.3. The number of fused-ring (bicyclic) bond motifs is 1. The molecule has 3 rings (SSSR count). The van der Waals surface area contributed by atoms with E-state index in [-0.39, 0.29) is 5.91 Å². The van der Waals surface area contributed by atoms with Gasteiger partial charge in [0.25, 0.3) is 5.91 Å². The Bertz CT molecular complexity index is 936. The number of nitrogens with one attached hydrogen (secondary N) is 1. The third kappa shape index (κ3) is 4.51. The van der Waals surface area contributed by atoms with Crippen molar-refractivity contribution in [3.05, 3.63) is 53.6 Å². The minimum atomic E-state index is 0.0328. The number of hydrogen-bond donors (Lipinski definition) is 1. The van der Waals surface area contributed by atoms with Crippen LogP contribution in [-0.2, 0) is 0 Å². The molecule has 1 amide bonds. The van der Waals surface area contributed by atoms with Crippen molar-refractivity contribution in [2.75, 3.05) is 38.3 Å². The summed E-state index contributed by atoms with van der Waals surface area (Å²) in [6, 6.07) is 14.0. The number of para-hydroxylation sites is 1. The number of aryl methyl sites for hydroxylation is 1. The van der Waals surface area contributed by atoms with Gasteiger partial charge in [0.05, 0.1) is 36.4 Å². The van der Waals surface area contributed by atoms with E-state index >= 15 is 0 Å². The molecule has 4 nitrogen and oxygen atoms in total. The van der Waals surface area contributed by atoms with E-state index in [0.29, 0.717) is 6.54 Å². The van der Waals surface area contributed by atoms with Crippen LogP contribution in [0.4, 0.5) is 5.13 Å². The van der Waals surface area contributed by atoms with Gasteiger partial charge in [-0.05, 0) is 36.9 Å². The highest BCUT2D eigenvalue weighted by Gasteiger charge is 2.23. The van der Waals surface area contributed by atoms with Gasteiger partial charge in [0.1, 0.15) is 0 Å². The second-order valence-electron chi connectivity index (χ2n) is 6.89. The van der Waals surface area contributed by atoms with Crippen LogP contribution in [0.15, 0.2) is 47.4 Å². The van der Waals surface area contributed by atoms with Gasteiger partial charge >= 0.3 is 0 Å². The lowest BCUT2D eigenvalue weighted by atomic mass is 10.2. The number of thioether (sulfide) groups is 1. The largest absolute Gasteiger partial charge is 0.340 e. The van der Waals surface area contributed by atoms with E-state index in [0.717, 1.165) is 44.3 Å². The topological polar surface area (TPSA) is 37.6 Å².